The molecule has 1 heterocycles. The first-order valence-corrected chi connectivity index (χ1v) is 10.0. The smallest absolute Gasteiger partial charge is 0.243 e. The van der Waals surface area contributed by atoms with Crippen molar-refractivity contribution in [1.29, 1.82) is 0 Å². The van der Waals surface area contributed by atoms with Gasteiger partial charge in [0.2, 0.25) is 5.91 Å². The second-order valence-electron chi connectivity index (χ2n) is 7.30. The number of rotatable bonds is 8. The molecule has 8 nitrogen and oxygen atoms in total. The van der Waals surface area contributed by atoms with Crippen molar-refractivity contribution in [3.8, 4) is 11.5 Å². The summed E-state index contributed by atoms with van der Waals surface area (Å²) in [5.41, 5.74) is 0.939. The van der Waals surface area contributed by atoms with Gasteiger partial charge in [-0.3, -0.25) is 4.79 Å². The minimum Gasteiger partial charge on any atom is -0.497 e. The molecule has 2 rings (SSSR count). The second-order valence-corrected chi connectivity index (χ2v) is 7.30. The predicted octanol–water partition coefficient (Wildman–Crippen LogP) is 2.58. The summed E-state index contributed by atoms with van der Waals surface area (Å²) in [6.45, 7) is 3.52. The molecule has 0 spiro atoms. The summed E-state index contributed by atoms with van der Waals surface area (Å²) in [7, 11) is 6.71. The average Bonchev–Trinajstić information content (AvgIpc) is 2.75. The Balaban J connectivity index is 0.00000450. The molecule has 0 aliphatic carbocycles. The van der Waals surface area contributed by atoms with Crippen LogP contribution in [0.1, 0.15) is 37.8 Å². The van der Waals surface area contributed by atoms with E-state index in [9.17, 15) is 4.79 Å². The molecule has 30 heavy (non-hydrogen) atoms. The van der Waals surface area contributed by atoms with Crippen molar-refractivity contribution < 1.29 is 19.0 Å². The highest BCUT2D eigenvalue weighted by molar-refractivity contribution is 14.0. The molecule has 0 saturated carbocycles. The Morgan fingerprint density at radius 3 is 2.67 bits per heavy atom. The number of amides is 1. The average molecular weight is 534 g/mol. The lowest BCUT2D eigenvalue weighted by Crippen LogP contribution is -2.44. The van der Waals surface area contributed by atoms with Gasteiger partial charge >= 0.3 is 0 Å². The van der Waals surface area contributed by atoms with E-state index < -0.39 is 0 Å². The van der Waals surface area contributed by atoms with E-state index in [0.717, 1.165) is 36.5 Å². The monoisotopic (exact) mass is 534 g/mol. The number of likely N-dealkylation sites (N-methyl/N-ethyl adjacent to an activating group) is 1. The van der Waals surface area contributed by atoms with E-state index in [1.165, 1.54) is 11.3 Å². The van der Waals surface area contributed by atoms with Crippen molar-refractivity contribution in [2.24, 2.45) is 4.99 Å². The number of nitrogens with one attached hydrogen (secondary N) is 2. The van der Waals surface area contributed by atoms with E-state index in [2.05, 4.69) is 15.6 Å². The molecule has 0 aromatic heterocycles. The van der Waals surface area contributed by atoms with E-state index in [1.807, 2.05) is 25.1 Å². The number of guanidine groups is 1. The second kappa shape index (κ2) is 13.5. The third-order valence-corrected chi connectivity index (χ3v) is 4.90. The zero-order valence-electron chi connectivity index (χ0n) is 18.6. The molecule has 0 radical (unpaired) electrons. The van der Waals surface area contributed by atoms with Crippen LogP contribution in [0, 0.1) is 0 Å². The van der Waals surface area contributed by atoms with Crippen LogP contribution in [0.15, 0.2) is 23.2 Å². The molecular formula is C21H35IN4O4. The van der Waals surface area contributed by atoms with Gasteiger partial charge in [-0.1, -0.05) is 0 Å². The Labute approximate surface area is 196 Å². The lowest BCUT2D eigenvalue weighted by molar-refractivity contribution is -0.127. The zero-order chi connectivity index (χ0) is 21.2. The standard InChI is InChI=1S/C21H34N4O4.HI/c1-15(18-12-16(27-4)9-10-19(18)28-5)24-21(23-14-20(26)25(2)3)22-13-17-8-6-7-11-29-17;/h9-10,12,15,17H,6-8,11,13-14H2,1-5H3,(H2,22,23,24);1H. The molecular weight excluding hydrogens is 499 g/mol. The van der Waals surface area contributed by atoms with Crippen LogP contribution in [-0.2, 0) is 9.53 Å². The van der Waals surface area contributed by atoms with Crippen molar-refractivity contribution in [3.05, 3.63) is 23.8 Å². The lowest BCUT2D eigenvalue weighted by Gasteiger charge is -2.25. The van der Waals surface area contributed by atoms with Crippen LogP contribution in [0.25, 0.3) is 0 Å². The number of hydrogen-bond acceptors (Lipinski definition) is 5. The van der Waals surface area contributed by atoms with Crippen LogP contribution < -0.4 is 20.1 Å². The van der Waals surface area contributed by atoms with E-state index in [-0.39, 0.29) is 48.6 Å². The Morgan fingerprint density at radius 2 is 2.07 bits per heavy atom. The number of halogens is 1. The van der Waals surface area contributed by atoms with Crippen molar-refractivity contribution in [1.82, 2.24) is 15.5 Å². The van der Waals surface area contributed by atoms with E-state index in [4.69, 9.17) is 14.2 Å². The highest BCUT2D eigenvalue weighted by atomic mass is 127. The van der Waals surface area contributed by atoms with Gasteiger partial charge in [0.25, 0.3) is 0 Å². The largest absolute Gasteiger partial charge is 0.497 e. The molecule has 2 atom stereocenters. The Hall–Kier alpha value is -1.75. The Bertz CT molecular complexity index is 694. The van der Waals surface area contributed by atoms with Gasteiger partial charge in [-0.25, -0.2) is 4.99 Å². The summed E-state index contributed by atoms with van der Waals surface area (Å²) in [6.07, 6.45) is 3.46. The topological polar surface area (TPSA) is 84.4 Å². The Morgan fingerprint density at radius 1 is 1.30 bits per heavy atom. The summed E-state index contributed by atoms with van der Waals surface area (Å²) >= 11 is 0. The van der Waals surface area contributed by atoms with Gasteiger partial charge in [0.05, 0.1) is 26.4 Å². The number of methoxy groups -OCH3 is 2. The zero-order valence-corrected chi connectivity index (χ0v) is 20.9. The minimum absolute atomic E-state index is 0. The van der Waals surface area contributed by atoms with Gasteiger partial charge in [-0.05, 0) is 44.4 Å². The molecule has 0 bridgehead atoms. The van der Waals surface area contributed by atoms with Gasteiger partial charge < -0.3 is 29.7 Å². The molecule has 1 saturated heterocycles. The molecule has 1 aromatic rings. The van der Waals surface area contributed by atoms with Crippen molar-refractivity contribution in [2.75, 3.05) is 48.0 Å². The predicted molar refractivity (Wildman–Crippen MR) is 129 cm³/mol. The van der Waals surface area contributed by atoms with Gasteiger partial charge in [0.1, 0.15) is 18.0 Å². The first-order valence-electron chi connectivity index (χ1n) is 10.0. The van der Waals surface area contributed by atoms with Crippen LogP contribution in [0.2, 0.25) is 0 Å². The summed E-state index contributed by atoms with van der Waals surface area (Å²) in [4.78, 5) is 18.0. The molecule has 1 amide bonds. The maximum Gasteiger partial charge on any atom is 0.243 e. The van der Waals surface area contributed by atoms with Crippen LogP contribution >= 0.6 is 24.0 Å². The van der Waals surface area contributed by atoms with Gasteiger partial charge in [0, 0.05) is 32.8 Å². The molecule has 1 fully saturated rings. The van der Waals surface area contributed by atoms with Gasteiger partial charge in [-0.2, -0.15) is 0 Å². The summed E-state index contributed by atoms with van der Waals surface area (Å²) in [5, 5.41) is 6.69. The molecule has 170 valence electrons. The maximum absolute atomic E-state index is 12.0. The fraction of sp³-hybridized carbons (Fsp3) is 0.619. The van der Waals surface area contributed by atoms with Crippen molar-refractivity contribution >= 4 is 35.8 Å². The van der Waals surface area contributed by atoms with Crippen LogP contribution in [0.5, 0.6) is 11.5 Å². The quantitative estimate of drug-likeness (QED) is 0.303. The summed E-state index contributed by atoms with van der Waals surface area (Å²) in [5.74, 6) is 2.00. The number of ether oxygens (including phenoxy) is 3. The van der Waals surface area contributed by atoms with E-state index in [0.29, 0.717) is 12.5 Å². The van der Waals surface area contributed by atoms with Crippen molar-refractivity contribution in [3.63, 3.8) is 0 Å². The lowest BCUT2D eigenvalue weighted by atomic mass is 10.1. The molecule has 1 aliphatic heterocycles. The number of hydrogen-bond donors (Lipinski definition) is 2. The number of carbonyl (C=O) groups is 1. The molecule has 1 aliphatic rings. The number of aliphatic imine (C=N–C) groups is 1. The molecule has 9 heteroatoms. The first-order chi connectivity index (χ1) is 13.9. The van der Waals surface area contributed by atoms with Crippen LogP contribution in [0.3, 0.4) is 0 Å². The first kappa shape index (κ1) is 26.3. The summed E-state index contributed by atoms with van der Waals surface area (Å²) in [6, 6.07) is 5.55. The molecule has 1 aromatic carbocycles. The third kappa shape index (κ3) is 8.17. The highest BCUT2D eigenvalue weighted by Gasteiger charge is 2.18. The minimum atomic E-state index is -0.118. The summed E-state index contributed by atoms with van der Waals surface area (Å²) < 4.78 is 16.6. The fourth-order valence-electron chi connectivity index (χ4n) is 3.08. The third-order valence-electron chi connectivity index (χ3n) is 4.90. The molecule has 2 N–H and O–H groups in total. The Kier molecular flexibility index (Phi) is 11.9. The van der Waals surface area contributed by atoms with E-state index >= 15 is 0 Å². The maximum atomic E-state index is 12.0. The molecule has 2 unspecified atom stereocenters. The SMILES string of the molecule is COc1ccc(OC)c(C(C)NC(=NCC(=O)N(C)C)NCC2CCCCO2)c1.I. The number of nitrogens with zero attached hydrogens (tertiary/aromatic N) is 2. The van der Waals surface area contributed by atoms with Crippen molar-refractivity contribution in [2.45, 2.75) is 38.3 Å². The van der Waals surface area contributed by atoms with Gasteiger partial charge in [0.15, 0.2) is 5.96 Å². The number of benzene rings is 1. The van der Waals surface area contributed by atoms with Crippen LogP contribution in [0.4, 0.5) is 0 Å². The van der Waals surface area contributed by atoms with E-state index in [1.54, 1.807) is 28.3 Å². The van der Waals surface area contributed by atoms with Gasteiger partial charge in [-0.15, -0.1) is 24.0 Å². The normalized spacial score (nSPS) is 17.4. The number of carbonyl (C=O) groups excluding carboxylic acids is 1. The van der Waals surface area contributed by atoms with Crippen LogP contribution in [-0.4, -0.2) is 70.9 Å². The fourth-order valence-corrected chi connectivity index (χ4v) is 3.08. The highest BCUT2D eigenvalue weighted by Crippen LogP contribution is 2.29.